The number of benzene rings is 1. The first kappa shape index (κ1) is 24.5. The minimum Gasteiger partial charge on any atom is -0.462 e. The summed E-state index contributed by atoms with van der Waals surface area (Å²) in [5.74, 6) is -3.93. The third-order valence-corrected chi connectivity index (χ3v) is 5.99. The van der Waals surface area contributed by atoms with Gasteiger partial charge < -0.3 is 14.8 Å². The maximum absolute atomic E-state index is 12.7. The number of nitro benzene ring substituents is 1. The highest BCUT2D eigenvalue weighted by molar-refractivity contribution is 7.18. The van der Waals surface area contributed by atoms with Crippen molar-refractivity contribution >= 4 is 51.7 Å². The molecule has 1 aromatic carbocycles. The summed E-state index contributed by atoms with van der Waals surface area (Å²) in [6.07, 6.45) is 0. The van der Waals surface area contributed by atoms with Crippen LogP contribution in [-0.2, 0) is 14.3 Å². The number of fused-ring (bicyclic) bond motifs is 1. The Hall–Kier alpha value is -4.13. The lowest BCUT2D eigenvalue weighted by molar-refractivity contribution is -0.384. The second-order valence-electron chi connectivity index (χ2n) is 6.93. The van der Waals surface area contributed by atoms with Crippen LogP contribution in [0.3, 0.4) is 0 Å². The van der Waals surface area contributed by atoms with E-state index in [1.807, 2.05) is 0 Å². The number of esters is 2. The predicted molar refractivity (Wildman–Crippen MR) is 118 cm³/mol. The molecule has 2 heterocycles. The number of non-ortho nitro benzene ring substituents is 1. The molecule has 0 saturated carbocycles. The first-order valence-corrected chi connectivity index (χ1v) is 10.8. The minimum atomic E-state index is -0.862. The van der Waals surface area contributed by atoms with Crippen LogP contribution >= 0.6 is 11.3 Å². The Morgan fingerprint density at radius 2 is 1.68 bits per heavy atom. The van der Waals surface area contributed by atoms with Crippen LogP contribution in [0.2, 0.25) is 0 Å². The molecule has 0 unspecified atom stereocenters. The number of hydrogen-bond acceptors (Lipinski definition) is 10. The fourth-order valence-electron chi connectivity index (χ4n) is 3.29. The monoisotopic (exact) mass is 489 g/mol. The number of rotatable bonds is 8. The van der Waals surface area contributed by atoms with Gasteiger partial charge in [0, 0.05) is 12.1 Å². The van der Waals surface area contributed by atoms with E-state index in [9.17, 15) is 34.1 Å². The van der Waals surface area contributed by atoms with Crippen molar-refractivity contribution < 1.29 is 38.4 Å². The quantitative estimate of drug-likeness (QED) is 0.254. The zero-order valence-electron chi connectivity index (χ0n) is 18.3. The van der Waals surface area contributed by atoms with Gasteiger partial charge in [0.2, 0.25) is 5.91 Å². The zero-order valence-corrected chi connectivity index (χ0v) is 19.1. The van der Waals surface area contributed by atoms with Gasteiger partial charge in [-0.05, 0) is 32.4 Å². The van der Waals surface area contributed by atoms with E-state index in [1.165, 1.54) is 6.92 Å². The zero-order chi connectivity index (χ0) is 25.2. The second kappa shape index (κ2) is 9.79. The maximum Gasteiger partial charge on any atom is 0.348 e. The Balaban J connectivity index is 1.85. The van der Waals surface area contributed by atoms with Gasteiger partial charge in [0.1, 0.15) is 16.4 Å². The van der Waals surface area contributed by atoms with Gasteiger partial charge in [-0.2, -0.15) is 0 Å². The Bertz CT molecular complexity index is 1230. The van der Waals surface area contributed by atoms with E-state index >= 15 is 0 Å². The van der Waals surface area contributed by atoms with Gasteiger partial charge in [0.15, 0.2) is 0 Å². The van der Waals surface area contributed by atoms with E-state index in [4.69, 9.17) is 9.47 Å². The lowest BCUT2D eigenvalue weighted by atomic mass is 10.1. The summed E-state index contributed by atoms with van der Waals surface area (Å²) in [4.78, 5) is 73.6. The molecule has 0 aliphatic carbocycles. The Kier molecular flexibility index (Phi) is 7.05. The molecule has 0 radical (unpaired) electrons. The minimum absolute atomic E-state index is 0.00347. The molecular formula is C21H19N3O9S. The standard InChI is InChI=1S/C21H19N3O9S/c1-4-32-20(28)15-10(3)16(21(29)33-5-2)34-17(15)22-14(25)9-23-18(26)12-7-6-11(24(30)31)8-13(12)19(23)27/h6-8H,4-5,9H2,1-3H3,(H,22,25). The summed E-state index contributed by atoms with van der Waals surface area (Å²) in [5.41, 5.74) is -0.403. The number of nitrogens with zero attached hydrogens (tertiary/aromatic N) is 2. The van der Waals surface area contributed by atoms with Crippen LogP contribution in [0.4, 0.5) is 10.7 Å². The smallest absolute Gasteiger partial charge is 0.348 e. The molecule has 0 fully saturated rings. The van der Waals surface area contributed by atoms with Crippen molar-refractivity contribution in [1.82, 2.24) is 4.90 Å². The van der Waals surface area contributed by atoms with Crippen molar-refractivity contribution in [3.63, 3.8) is 0 Å². The van der Waals surface area contributed by atoms with E-state index < -0.39 is 41.1 Å². The third kappa shape index (κ3) is 4.50. The third-order valence-electron chi connectivity index (χ3n) is 4.81. The number of imide groups is 1. The average Bonchev–Trinajstić information content (AvgIpc) is 3.22. The first-order chi connectivity index (χ1) is 16.1. The van der Waals surface area contributed by atoms with Crippen LogP contribution < -0.4 is 5.32 Å². The van der Waals surface area contributed by atoms with Gasteiger partial charge in [-0.3, -0.25) is 29.4 Å². The molecule has 3 amide bonds. The van der Waals surface area contributed by atoms with Gasteiger partial charge in [0.05, 0.1) is 34.8 Å². The molecular weight excluding hydrogens is 470 g/mol. The van der Waals surface area contributed by atoms with Crippen LogP contribution in [-0.4, -0.2) is 59.2 Å². The molecule has 0 saturated heterocycles. The van der Waals surface area contributed by atoms with Crippen molar-refractivity contribution in [2.75, 3.05) is 25.1 Å². The van der Waals surface area contributed by atoms with Crippen LogP contribution in [0, 0.1) is 17.0 Å². The number of thiophene rings is 1. The van der Waals surface area contributed by atoms with Crippen LogP contribution in [0.25, 0.3) is 0 Å². The van der Waals surface area contributed by atoms with Gasteiger partial charge in [-0.15, -0.1) is 11.3 Å². The lowest BCUT2D eigenvalue weighted by Crippen LogP contribution is -2.37. The fourth-order valence-corrected chi connectivity index (χ4v) is 4.39. The molecule has 0 atom stereocenters. The maximum atomic E-state index is 12.7. The molecule has 1 aromatic heterocycles. The van der Waals surface area contributed by atoms with Gasteiger partial charge in [-0.25, -0.2) is 9.59 Å². The summed E-state index contributed by atoms with van der Waals surface area (Å²) in [7, 11) is 0. The number of anilines is 1. The number of hydrogen-bond donors (Lipinski definition) is 1. The lowest BCUT2D eigenvalue weighted by Gasteiger charge is -2.13. The van der Waals surface area contributed by atoms with E-state index in [0.717, 1.165) is 29.5 Å². The van der Waals surface area contributed by atoms with Crippen LogP contribution in [0.1, 0.15) is 60.2 Å². The molecule has 1 N–H and O–H groups in total. The average molecular weight is 489 g/mol. The van der Waals surface area contributed by atoms with Crippen LogP contribution in [0.5, 0.6) is 0 Å². The molecule has 12 nitrogen and oxygen atoms in total. The second-order valence-corrected chi connectivity index (χ2v) is 7.95. The number of nitro groups is 1. The topological polar surface area (TPSA) is 162 Å². The number of nitrogens with one attached hydrogen (secondary N) is 1. The number of carbonyl (C=O) groups is 5. The predicted octanol–water partition coefficient (Wildman–Crippen LogP) is 2.55. The SMILES string of the molecule is CCOC(=O)c1sc(NC(=O)CN2C(=O)c3ccc([N+](=O)[O-])cc3C2=O)c(C(=O)OCC)c1C. The van der Waals surface area contributed by atoms with E-state index in [2.05, 4.69) is 5.32 Å². The summed E-state index contributed by atoms with van der Waals surface area (Å²) < 4.78 is 10.00. The summed E-state index contributed by atoms with van der Waals surface area (Å²) in [6.45, 7) is 4.15. The number of ether oxygens (including phenoxy) is 2. The van der Waals surface area contributed by atoms with E-state index in [1.54, 1.807) is 13.8 Å². The van der Waals surface area contributed by atoms with Gasteiger partial charge in [0.25, 0.3) is 17.5 Å². The Morgan fingerprint density at radius 3 is 2.29 bits per heavy atom. The van der Waals surface area contributed by atoms with Crippen LogP contribution in [0.15, 0.2) is 18.2 Å². The molecule has 1 aliphatic rings. The highest BCUT2D eigenvalue weighted by Crippen LogP contribution is 2.34. The fraction of sp³-hybridized carbons (Fsp3) is 0.286. The summed E-state index contributed by atoms with van der Waals surface area (Å²) >= 11 is 0.798. The Labute approximate surface area is 196 Å². The molecule has 13 heteroatoms. The summed E-state index contributed by atoms with van der Waals surface area (Å²) in [6, 6.07) is 3.21. The van der Waals surface area contributed by atoms with Crippen molar-refractivity contribution in [2.24, 2.45) is 0 Å². The molecule has 1 aliphatic heterocycles. The normalized spacial score (nSPS) is 12.4. The van der Waals surface area contributed by atoms with Crippen molar-refractivity contribution in [2.45, 2.75) is 20.8 Å². The molecule has 178 valence electrons. The van der Waals surface area contributed by atoms with Gasteiger partial charge in [-0.1, -0.05) is 0 Å². The van der Waals surface area contributed by atoms with Gasteiger partial charge >= 0.3 is 11.9 Å². The molecule has 3 rings (SSSR count). The molecule has 2 aromatic rings. The van der Waals surface area contributed by atoms with Crippen molar-refractivity contribution in [1.29, 1.82) is 0 Å². The molecule has 0 spiro atoms. The molecule has 34 heavy (non-hydrogen) atoms. The first-order valence-electron chi connectivity index (χ1n) is 10.0. The van der Waals surface area contributed by atoms with Crippen molar-refractivity contribution in [3.05, 3.63) is 55.4 Å². The number of carbonyl (C=O) groups excluding carboxylic acids is 5. The highest BCUT2D eigenvalue weighted by atomic mass is 32.1. The largest absolute Gasteiger partial charge is 0.462 e. The Morgan fingerprint density at radius 1 is 1.06 bits per heavy atom. The van der Waals surface area contributed by atoms with E-state index in [-0.39, 0.29) is 51.0 Å². The summed E-state index contributed by atoms with van der Waals surface area (Å²) in [5, 5.41) is 13.4. The number of amides is 3. The van der Waals surface area contributed by atoms with Crippen molar-refractivity contribution in [3.8, 4) is 0 Å². The van der Waals surface area contributed by atoms with E-state index in [0.29, 0.717) is 4.90 Å². The molecule has 0 bridgehead atoms. The highest BCUT2D eigenvalue weighted by Gasteiger charge is 2.38.